The molecule has 1 amide bonds. The van der Waals surface area contributed by atoms with Gasteiger partial charge in [0.05, 0.1) is 18.9 Å². The van der Waals surface area contributed by atoms with Crippen molar-refractivity contribution in [3.63, 3.8) is 0 Å². The third kappa shape index (κ3) is 4.70. The Morgan fingerprint density at radius 1 is 1.03 bits per heavy atom. The van der Waals surface area contributed by atoms with Gasteiger partial charge in [-0.15, -0.1) is 0 Å². The molecule has 0 aliphatic carbocycles. The molecule has 0 saturated carbocycles. The van der Waals surface area contributed by atoms with E-state index in [2.05, 4.69) is 27.0 Å². The van der Waals surface area contributed by atoms with Gasteiger partial charge in [0, 0.05) is 55.6 Å². The van der Waals surface area contributed by atoms with Crippen LogP contribution in [0.1, 0.15) is 34.6 Å². The van der Waals surface area contributed by atoms with Gasteiger partial charge < -0.3 is 14.6 Å². The third-order valence-electron chi connectivity index (χ3n) is 6.05. The van der Waals surface area contributed by atoms with Crippen LogP contribution in [-0.4, -0.2) is 46.7 Å². The number of ether oxygens (including phenoxy) is 1. The molecule has 5 rings (SSSR count). The number of carbonyl (C=O) groups excluding carboxylic acids is 1. The maximum Gasteiger partial charge on any atom is 0.255 e. The Kier molecular flexibility index (Phi) is 5.82. The summed E-state index contributed by atoms with van der Waals surface area (Å²) in [5.41, 5.74) is 4.69. The standard InChI is InChI=1S/C25H28N4O2/c30-25(21-5-3-4-19(16-21)17-28-12-14-31-15-13-28)26-22-9-7-20(8-10-22)23-18-29-11-2-1-6-24(29)27-23/h3-5,7-10,16,18H,1-2,6,11-15,17H2,(H,26,30). The molecule has 0 atom stereocenters. The molecule has 0 unspecified atom stereocenters. The summed E-state index contributed by atoms with van der Waals surface area (Å²) in [7, 11) is 0. The number of amides is 1. The molecule has 3 aromatic rings. The second-order valence-corrected chi connectivity index (χ2v) is 8.31. The van der Waals surface area contributed by atoms with Crippen molar-refractivity contribution in [2.75, 3.05) is 31.6 Å². The molecule has 6 nitrogen and oxygen atoms in total. The number of fused-ring (bicyclic) bond motifs is 1. The monoisotopic (exact) mass is 416 g/mol. The summed E-state index contributed by atoms with van der Waals surface area (Å²) in [5, 5.41) is 3.02. The van der Waals surface area contributed by atoms with Crippen LogP contribution in [0.2, 0.25) is 0 Å². The van der Waals surface area contributed by atoms with Crippen LogP contribution in [0.3, 0.4) is 0 Å². The lowest BCUT2D eigenvalue weighted by Crippen LogP contribution is -2.35. The van der Waals surface area contributed by atoms with E-state index in [0.717, 1.165) is 68.3 Å². The summed E-state index contributed by atoms with van der Waals surface area (Å²) in [6.07, 6.45) is 5.64. The molecule has 0 radical (unpaired) electrons. The van der Waals surface area contributed by atoms with E-state index in [0.29, 0.717) is 5.56 Å². The second kappa shape index (κ2) is 9.04. The Morgan fingerprint density at radius 3 is 2.68 bits per heavy atom. The predicted molar refractivity (Wildman–Crippen MR) is 121 cm³/mol. The molecule has 160 valence electrons. The van der Waals surface area contributed by atoms with E-state index < -0.39 is 0 Å². The van der Waals surface area contributed by atoms with Gasteiger partial charge in [0.1, 0.15) is 5.82 Å². The van der Waals surface area contributed by atoms with E-state index in [4.69, 9.17) is 9.72 Å². The highest BCUT2D eigenvalue weighted by Gasteiger charge is 2.14. The fraction of sp³-hybridized carbons (Fsp3) is 0.360. The van der Waals surface area contributed by atoms with E-state index >= 15 is 0 Å². The molecule has 1 saturated heterocycles. The lowest BCUT2D eigenvalue weighted by molar-refractivity contribution is 0.0342. The first-order valence-corrected chi connectivity index (χ1v) is 11.1. The number of imidazole rings is 1. The van der Waals surface area contributed by atoms with Crippen molar-refractivity contribution in [2.24, 2.45) is 0 Å². The first-order valence-electron chi connectivity index (χ1n) is 11.1. The van der Waals surface area contributed by atoms with Gasteiger partial charge in [-0.2, -0.15) is 0 Å². The summed E-state index contributed by atoms with van der Waals surface area (Å²) in [6, 6.07) is 15.8. The molecular formula is C25H28N4O2. The van der Waals surface area contributed by atoms with Gasteiger partial charge in [0.25, 0.3) is 5.91 Å². The maximum absolute atomic E-state index is 12.8. The molecule has 2 aromatic carbocycles. The summed E-state index contributed by atoms with van der Waals surface area (Å²) in [5.74, 6) is 1.09. The number of aromatic nitrogens is 2. The number of anilines is 1. The molecule has 2 aliphatic heterocycles. The topological polar surface area (TPSA) is 59.4 Å². The zero-order valence-electron chi connectivity index (χ0n) is 17.7. The van der Waals surface area contributed by atoms with E-state index in [9.17, 15) is 4.79 Å². The fourth-order valence-corrected chi connectivity index (χ4v) is 4.31. The Labute approximate surface area is 182 Å². The Balaban J connectivity index is 1.24. The van der Waals surface area contributed by atoms with Crippen molar-refractivity contribution in [3.8, 4) is 11.3 Å². The second-order valence-electron chi connectivity index (χ2n) is 8.31. The lowest BCUT2D eigenvalue weighted by Gasteiger charge is -2.26. The van der Waals surface area contributed by atoms with E-state index in [1.807, 2.05) is 42.5 Å². The number of hydrogen-bond acceptors (Lipinski definition) is 4. The van der Waals surface area contributed by atoms with Crippen molar-refractivity contribution in [1.82, 2.24) is 14.5 Å². The first kappa shape index (κ1) is 20.0. The average molecular weight is 417 g/mol. The molecule has 2 aliphatic rings. The van der Waals surface area contributed by atoms with Crippen molar-refractivity contribution in [2.45, 2.75) is 32.4 Å². The quantitative estimate of drug-likeness (QED) is 0.684. The first-order chi connectivity index (χ1) is 15.2. The highest BCUT2D eigenvalue weighted by Crippen LogP contribution is 2.24. The van der Waals surface area contributed by atoms with Crippen molar-refractivity contribution >= 4 is 11.6 Å². The van der Waals surface area contributed by atoms with Gasteiger partial charge in [-0.25, -0.2) is 4.98 Å². The zero-order chi connectivity index (χ0) is 21.0. The number of nitrogens with zero attached hydrogens (tertiary/aromatic N) is 3. The molecule has 0 bridgehead atoms. The number of nitrogens with one attached hydrogen (secondary N) is 1. The van der Waals surface area contributed by atoms with Crippen LogP contribution in [-0.2, 0) is 24.2 Å². The highest BCUT2D eigenvalue weighted by atomic mass is 16.5. The maximum atomic E-state index is 12.8. The van der Waals surface area contributed by atoms with Gasteiger partial charge in [0.15, 0.2) is 0 Å². The SMILES string of the molecule is O=C(Nc1ccc(-c2cn3c(n2)CCCC3)cc1)c1cccc(CN2CCOCC2)c1. The predicted octanol–water partition coefficient (Wildman–Crippen LogP) is 3.97. The van der Waals surface area contributed by atoms with E-state index in [-0.39, 0.29) is 5.91 Å². The van der Waals surface area contributed by atoms with Gasteiger partial charge in [-0.05, 0) is 42.7 Å². The number of carbonyl (C=O) groups is 1. The third-order valence-corrected chi connectivity index (χ3v) is 6.05. The minimum atomic E-state index is -0.0889. The lowest BCUT2D eigenvalue weighted by atomic mass is 10.1. The molecule has 1 aromatic heterocycles. The fourth-order valence-electron chi connectivity index (χ4n) is 4.31. The average Bonchev–Trinajstić information content (AvgIpc) is 3.25. The van der Waals surface area contributed by atoms with Gasteiger partial charge in [-0.1, -0.05) is 24.3 Å². The van der Waals surface area contributed by atoms with E-state index in [1.165, 1.54) is 18.7 Å². The minimum absolute atomic E-state index is 0.0889. The number of benzene rings is 2. The van der Waals surface area contributed by atoms with Gasteiger partial charge in [-0.3, -0.25) is 9.69 Å². The molecule has 1 fully saturated rings. The Bertz CT molecular complexity index is 1030. The smallest absolute Gasteiger partial charge is 0.255 e. The normalized spacial score (nSPS) is 16.6. The van der Waals surface area contributed by atoms with Crippen LogP contribution in [0, 0.1) is 0 Å². The van der Waals surface area contributed by atoms with Crippen LogP contribution in [0.4, 0.5) is 5.69 Å². The molecule has 31 heavy (non-hydrogen) atoms. The number of hydrogen-bond donors (Lipinski definition) is 1. The van der Waals surface area contributed by atoms with Crippen molar-refractivity contribution in [3.05, 3.63) is 71.7 Å². The number of morpholine rings is 1. The van der Waals surface area contributed by atoms with Crippen molar-refractivity contribution in [1.29, 1.82) is 0 Å². The van der Waals surface area contributed by atoms with Crippen LogP contribution in [0.15, 0.2) is 54.7 Å². The van der Waals surface area contributed by atoms with Crippen LogP contribution >= 0.6 is 0 Å². The van der Waals surface area contributed by atoms with Crippen LogP contribution < -0.4 is 5.32 Å². The minimum Gasteiger partial charge on any atom is -0.379 e. The summed E-state index contributed by atoms with van der Waals surface area (Å²) in [4.78, 5) is 19.9. The van der Waals surface area contributed by atoms with Crippen LogP contribution in [0.5, 0.6) is 0 Å². The van der Waals surface area contributed by atoms with Crippen molar-refractivity contribution < 1.29 is 9.53 Å². The Morgan fingerprint density at radius 2 is 1.87 bits per heavy atom. The van der Waals surface area contributed by atoms with Crippen LogP contribution in [0.25, 0.3) is 11.3 Å². The molecule has 6 heteroatoms. The Hall–Kier alpha value is -2.96. The van der Waals surface area contributed by atoms with E-state index in [1.54, 1.807) is 0 Å². The molecule has 1 N–H and O–H groups in total. The number of aryl methyl sites for hydroxylation is 2. The molecule has 0 spiro atoms. The summed E-state index contributed by atoms with van der Waals surface area (Å²) < 4.78 is 7.67. The van der Waals surface area contributed by atoms with Gasteiger partial charge in [0.2, 0.25) is 0 Å². The summed E-state index contributed by atoms with van der Waals surface area (Å²) >= 11 is 0. The molecule has 3 heterocycles. The summed E-state index contributed by atoms with van der Waals surface area (Å²) in [6.45, 7) is 5.31. The highest BCUT2D eigenvalue weighted by molar-refractivity contribution is 6.04. The molecular weight excluding hydrogens is 388 g/mol. The zero-order valence-corrected chi connectivity index (χ0v) is 17.7. The largest absolute Gasteiger partial charge is 0.379 e. The number of rotatable bonds is 5. The van der Waals surface area contributed by atoms with Gasteiger partial charge >= 0.3 is 0 Å².